The number of benzene rings is 1. The van der Waals surface area contributed by atoms with Gasteiger partial charge in [0.2, 0.25) is 0 Å². The van der Waals surface area contributed by atoms with E-state index >= 15 is 0 Å². The van der Waals surface area contributed by atoms with Crippen LogP contribution in [0.3, 0.4) is 0 Å². The molecule has 1 atom stereocenters. The smallest absolute Gasteiger partial charge is 0.123 e. The number of nitrogens with zero attached hydrogens (tertiary/aromatic N) is 1. The maximum Gasteiger partial charge on any atom is 0.123 e. The lowest BCUT2D eigenvalue weighted by Crippen LogP contribution is -2.33. The zero-order valence-electron chi connectivity index (χ0n) is 12.6. The van der Waals surface area contributed by atoms with Gasteiger partial charge >= 0.3 is 0 Å². The van der Waals surface area contributed by atoms with E-state index in [1.807, 2.05) is 19.2 Å². The Morgan fingerprint density at radius 1 is 1.16 bits per heavy atom. The summed E-state index contributed by atoms with van der Waals surface area (Å²) in [7, 11) is 4.15. The lowest BCUT2D eigenvalue weighted by Gasteiger charge is -2.28. The number of nitrogens with one attached hydrogen (secondary N) is 1. The van der Waals surface area contributed by atoms with Crippen LogP contribution in [0.1, 0.15) is 44.7 Å². The van der Waals surface area contributed by atoms with Crippen LogP contribution in [-0.2, 0) is 0 Å². The summed E-state index contributed by atoms with van der Waals surface area (Å²) < 4.78 is 12.9. The van der Waals surface area contributed by atoms with Gasteiger partial charge in [-0.05, 0) is 57.6 Å². The van der Waals surface area contributed by atoms with Crippen molar-refractivity contribution < 1.29 is 4.39 Å². The quantitative estimate of drug-likeness (QED) is 0.773. The average molecular weight is 266 g/mol. The van der Waals surface area contributed by atoms with Crippen molar-refractivity contribution in [3.63, 3.8) is 0 Å². The zero-order valence-corrected chi connectivity index (χ0v) is 12.6. The molecule has 1 aromatic carbocycles. The standard InChI is InChI=1S/C16H27FN2/c1-5-15(6-2)19(4)12-11-16(18-3)13-7-9-14(17)10-8-13/h7-10,15-16,18H,5-6,11-12H2,1-4H3. The lowest BCUT2D eigenvalue weighted by molar-refractivity contribution is 0.219. The van der Waals surface area contributed by atoms with Gasteiger partial charge in [-0.15, -0.1) is 0 Å². The highest BCUT2D eigenvalue weighted by molar-refractivity contribution is 5.19. The molecule has 3 heteroatoms. The van der Waals surface area contributed by atoms with E-state index in [4.69, 9.17) is 0 Å². The first kappa shape index (κ1) is 16.1. The average Bonchev–Trinajstić information content (AvgIpc) is 2.42. The fraction of sp³-hybridized carbons (Fsp3) is 0.625. The summed E-state index contributed by atoms with van der Waals surface area (Å²) in [5.74, 6) is -0.173. The molecule has 0 aliphatic rings. The maximum atomic E-state index is 12.9. The SMILES string of the molecule is CCC(CC)N(C)CCC(NC)c1ccc(F)cc1. The van der Waals surface area contributed by atoms with Crippen molar-refractivity contribution >= 4 is 0 Å². The van der Waals surface area contributed by atoms with Crippen LogP contribution in [0, 0.1) is 5.82 Å². The number of rotatable bonds is 8. The van der Waals surface area contributed by atoms with Gasteiger partial charge in [-0.3, -0.25) is 0 Å². The Labute approximate surface area is 117 Å². The molecule has 0 saturated heterocycles. The molecule has 0 heterocycles. The largest absolute Gasteiger partial charge is 0.313 e. The third-order valence-corrected chi connectivity index (χ3v) is 3.96. The Hall–Kier alpha value is -0.930. The van der Waals surface area contributed by atoms with Crippen molar-refractivity contribution in [3.05, 3.63) is 35.6 Å². The minimum atomic E-state index is -0.173. The highest BCUT2D eigenvalue weighted by Gasteiger charge is 2.14. The predicted molar refractivity (Wildman–Crippen MR) is 79.8 cm³/mol. The van der Waals surface area contributed by atoms with E-state index < -0.39 is 0 Å². The summed E-state index contributed by atoms with van der Waals surface area (Å²) in [5.41, 5.74) is 1.15. The van der Waals surface area contributed by atoms with Crippen LogP contribution in [0.2, 0.25) is 0 Å². The molecule has 1 unspecified atom stereocenters. The fourth-order valence-electron chi connectivity index (χ4n) is 2.60. The second kappa shape index (κ2) is 8.28. The Bertz CT molecular complexity index is 346. The number of hydrogen-bond acceptors (Lipinski definition) is 2. The van der Waals surface area contributed by atoms with E-state index in [-0.39, 0.29) is 11.9 Å². The molecule has 1 rings (SSSR count). The third-order valence-electron chi connectivity index (χ3n) is 3.96. The summed E-state index contributed by atoms with van der Waals surface area (Å²) in [4.78, 5) is 2.42. The van der Waals surface area contributed by atoms with E-state index in [9.17, 15) is 4.39 Å². The topological polar surface area (TPSA) is 15.3 Å². The molecule has 2 nitrogen and oxygen atoms in total. The first-order valence-electron chi connectivity index (χ1n) is 7.25. The van der Waals surface area contributed by atoms with Crippen LogP contribution in [0.15, 0.2) is 24.3 Å². The lowest BCUT2D eigenvalue weighted by atomic mass is 10.0. The number of halogens is 1. The first-order chi connectivity index (χ1) is 9.12. The molecule has 0 spiro atoms. The molecule has 0 aliphatic carbocycles. The Morgan fingerprint density at radius 2 is 1.74 bits per heavy atom. The molecule has 0 aliphatic heterocycles. The molecule has 1 N–H and O–H groups in total. The minimum absolute atomic E-state index is 0.173. The van der Waals surface area contributed by atoms with Crippen LogP contribution < -0.4 is 5.32 Å². The van der Waals surface area contributed by atoms with Gasteiger partial charge in [0.1, 0.15) is 5.82 Å². The van der Waals surface area contributed by atoms with Gasteiger partial charge in [0.05, 0.1) is 0 Å². The van der Waals surface area contributed by atoms with Gasteiger partial charge in [0.25, 0.3) is 0 Å². The molecule has 0 bridgehead atoms. The Balaban J connectivity index is 2.55. The second-order valence-corrected chi connectivity index (χ2v) is 5.13. The van der Waals surface area contributed by atoms with Crippen LogP contribution in [0.5, 0.6) is 0 Å². The molecule has 0 saturated carbocycles. The van der Waals surface area contributed by atoms with Crippen molar-refractivity contribution in [2.24, 2.45) is 0 Å². The first-order valence-corrected chi connectivity index (χ1v) is 7.25. The Kier molecular flexibility index (Phi) is 7.03. The predicted octanol–water partition coefficient (Wildman–Crippen LogP) is 3.60. The molecular formula is C16H27FN2. The van der Waals surface area contributed by atoms with Crippen molar-refractivity contribution in [1.82, 2.24) is 10.2 Å². The molecule has 0 aromatic heterocycles. The fourth-order valence-corrected chi connectivity index (χ4v) is 2.60. The zero-order chi connectivity index (χ0) is 14.3. The summed E-state index contributed by atoms with van der Waals surface area (Å²) in [6.07, 6.45) is 3.41. The third kappa shape index (κ3) is 4.92. The van der Waals surface area contributed by atoms with Gasteiger partial charge < -0.3 is 10.2 Å². The molecule has 0 fully saturated rings. The van der Waals surface area contributed by atoms with E-state index in [1.54, 1.807) is 0 Å². The summed E-state index contributed by atoms with van der Waals surface area (Å²) in [6.45, 7) is 5.52. The van der Waals surface area contributed by atoms with E-state index in [2.05, 4.69) is 31.1 Å². The van der Waals surface area contributed by atoms with Crippen LogP contribution in [0.4, 0.5) is 4.39 Å². The summed E-state index contributed by atoms with van der Waals surface area (Å²) >= 11 is 0. The molecule has 0 amide bonds. The Morgan fingerprint density at radius 3 is 2.21 bits per heavy atom. The number of hydrogen-bond donors (Lipinski definition) is 1. The van der Waals surface area contributed by atoms with Gasteiger partial charge in [0, 0.05) is 12.1 Å². The van der Waals surface area contributed by atoms with Gasteiger partial charge in [-0.1, -0.05) is 26.0 Å². The van der Waals surface area contributed by atoms with E-state index in [0.29, 0.717) is 6.04 Å². The monoisotopic (exact) mass is 266 g/mol. The van der Waals surface area contributed by atoms with Crippen molar-refractivity contribution in [1.29, 1.82) is 0 Å². The highest BCUT2D eigenvalue weighted by atomic mass is 19.1. The summed E-state index contributed by atoms with van der Waals surface area (Å²) in [6, 6.07) is 7.75. The molecule has 108 valence electrons. The van der Waals surface area contributed by atoms with Gasteiger partial charge in [-0.25, -0.2) is 4.39 Å². The molecule has 1 aromatic rings. The highest BCUT2D eigenvalue weighted by Crippen LogP contribution is 2.18. The van der Waals surface area contributed by atoms with Crippen molar-refractivity contribution in [3.8, 4) is 0 Å². The van der Waals surface area contributed by atoms with Crippen LogP contribution in [-0.4, -0.2) is 31.6 Å². The normalized spacial score (nSPS) is 13.2. The summed E-state index contributed by atoms with van der Waals surface area (Å²) in [5, 5.41) is 3.32. The molecule has 0 radical (unpaired) electrons. The molecular weight excluding hydrogens is 239 g/mol. The van der Waals surface area contributed by atoms with Gasteiger partial charge in [0.15, 0.2) is 0 Å². The van der Waals surface area contributed by atoms with Crippen molar-refractivity contribution in [2.75, 3.05) is 20.6 Å². The van der Waals surface area contributed by atoms with Crippen LogP contribution in [0.25, 0.3) is 0 Å². The molecule has 19 heavy (non-hydrogen) atoms. The maximum absolute atomic E-state index is 12.9. The van der Waals surface area contributed by atoms with Gasteiger partial charge in [-0.2, -0.15) is 0 Å². The van der Waals surface area contributed by atoms with E-state index in [0.717, 1.165) is 18.5 Å². The minimum Gasteiger partial charge on any atom is -0.313 e. The van der Waals surface area contributed by atoms with Crippen LogP contribution >= 0.6 is 0 Å². The second-order valence-electron chi connectivity index (χ2n) is 5.13. The van der Waals surface area contributed by atoms with E-state index in [1.165, 1.54) is 25.0 Å². The van der Waals surface area contributed by atoms with Crippen molar-refractivity contribution in [2.45, 2.75) is 45.2 Å².